The summed E-state index contributed by atoms with van der Waals surface area (Å²) in [6.45, 7) is 7.35. The fourth-order valence-electron chi connectivity index (χ4n) is 2.17. The molecule has 0 aromatic heterocycles. The average molecular weight is 266 g/mol. The van der Waals surface area contributed by atoms with Crippen molar-refractivity contribution in [2.75, 3.05) is 13.1 Å². The van der Waals surface area contributed by atoms with Crippen LogP contribution in [0.2, 0.25) is 0 Å². The second-order valence-electron chi connectivity index (χ2n) is 5.33. The first kappa shape index (κ1) is 18.0. The van der Waals surface area contributed by atoms with Crippen molar-refractivity contribution < 1.29 is 4.79 Å². The molecule has 0 heterocycles. The molecule has 110 valence electrons. The number of carbonyl (C=O) groups is 1. The zero-order valence-corrected chi connectivity index (χ0v) is 13.0. The molecule has 3 nitrogen and oxygen atoms in total. The maximum atomic E-state index is 12.0. The molecule has 0 spiro atoms. The summed E-state index contributed by atoms with van der Waals surface area (Å²) in [5.74, 6) is 0.135. The SMILES string of the molecule is CCCCCCCCCC(=O)N(CC)CC(C)C#N. The van der Waals surface area contributed by atoms with Crippen molar-refractivity contribution >= 4 is 5.91 Å². The van der Waals surface area contributed by atoms with Gasteiger partial charge in [0.2, 0.25) is 5.91 Å². The molecule has 0 aliphatic heterocycles. The third-order valence-electron chi connectivity index (χ3n) is 3.44. The maximum Gasteiger partial charge on any atom is 0.222 e. The number of nitrogens with zero attached hydrogens (tertiary/aromatic N) is 2. The Hall–Kier alpha value is -1.04. The van der Waals surface area contributed by atoms with Crippen LogP contribution in [0.15, 0.2) is 0 Å². The lowest BCUT2D eigenvalue weighted by Crippen LogP contribution is -2.34. The van der Waals surface area contributed by atoms with E-state index in [9.17, 15) is 4.79 Å². The second kappa shape index (κ2) is 12.0. The van der Waals surface area contributed by atoms with Gasteiger partial charge in [-0.25, -0.2) is 0 Å². The van der Waals surface area contributed by atoms with Crippen LogP contribution in [0.4, 0.5) is 0 Å². The highest BCUT2D eigenvalue weighted by Crippen LogP contribution is 2.10. The van der Waals surface area contributed by atoms with Gasteiger partial charge in [-0.1, -0.05) is 45.4 Å². The minimum atomic E-state index is -0.0713. The standard InChI is InChI=1S/C16H30N2O/c1-4-6-7-8-9-10-11-12-16(19)18(5-2)14-15(3)13-17/h15H,4-12,14H2,1-3H3. The second-order valence-corrected chi connectivity index (χ2v) is 5.33. The van der Waals surface area contributed by atoms with E-state index >= 15 is 0 Å². The van der Waals surface area contributed by atoms with Crippen molar-refractivity contribution in [3.8, 4) is 6.07 Å². The van der Waals surface area contributed by atoms with Gasteiger partial charge in [0, 0.05) is 19.5 Å². The molecule has 0 aromatic carbocycles. The molecule has 0 saturated carbocycles. The minimum absolute atomic E-state index is 0.0713. The lowest BCUT2D eigenvalue weighted by molar-refractivity contribution is -0.131. The van der Waals surface area contributed by atoms with E-state index < -0.39 is 0 Å². The van der Waals surface area contributed by atoms with Crippen molar-refractivity contribution in [1.29, 1.82) is 5.26 Å². The minimum Gasteiger partial charge on any atom is -0.342 e. The molecule has 1 unspecified atom stereocenters. The smallest absolute Gasteiger partial charge is 0.222 e. The molecular weight excluding hydrogens is 236 g/mol. The summed E-state index contributed by atoms with van der Waals surface area (Å²) in [6, 6.07) is 2.19. The first-order chi connectivity index (χ1) is 9.15. The Morgan fingerprint density at radius 2 is 1.68 bits per heavy atom. The van der Waals surface area contributed by atoms with E-state index in [4.69, 9.17) is 5.26 Å². The molecule has 0 fully saturated rings. The highest BCUT2D eigenvalue weighted by molar-refractivity contribution is 5.76. The quantitative estimate of drug-likeness (QED) is 0.528. The molecule has 0 radical (unpaired) electrons. The van der Waals surface area contributed by atoms with Gasteiger partial charge in [0.15, 0.2) is 0 Å². The Bertz CT molecular complexity index is 270. The Morgan fingerprint density at radius 3 is 2.21 bits per heavy atom. The van der Waals surface area contributed by atoms with E-state index in [0.29, 0.717) is 19.5 Å². The van der Waals surface area contributed by atoms with Crippen molar-refractivity contribution in [2.24, 2.45) is 5.92 Å². The van der Waals surface area contributed by atoms with Crippen LogP contribution in [0.5, 0.6) is 0 Å². The van der Waals surface area contributed by atoms with E-state index in [2.05, 4.69) is 13.0 Å². The van der Waals surface area contributed by atoms with Crippen LogP contribution in [0.25, 0.3) is 0 Å². The maximum absolute atomic E-state index is 12.0. The van der Waals surface area contributed by atoms with Crippen molar-refractivity contribution in [3.05, 3.63) is 0 Å². The Labute approximate surface area is 119 Å². The summed E-state index contributed by atoms with van der Waals surface area (Å²) < 4.78 is 0. The number of carbonyl (C=O) groups excluding carboxylic acids is 1. The first-order valence-electron chi connectivity index (χ1n) is 7.83. The van der Waals surface area contributed by atoms with Crippen LogP contribution in [0.1, 0.15) is 72.1 Å². The zero-order valence-electron chi connectivity index (χ0n) is 13.0. The predicted molar refractivity (Wildman–Crippen MR) is 79.6 cm³/mol. The Balaban J connectivity index is 3.68. The van der Waals surface area contributed by atoms with E-state index in [0.717, 1.165) is 12.8 Å². The van der Waals surface area contributed by atoms with Gasteiger partial charge in [-0.3, -0.25) is 4.79 Å². The molecule has 0 aliphatic carbocycles. The highest BCUT2D eigenvalue weighted by atomic mass is 16.2. The third-order valence-corrected chi connectivity index (χ3v) is 3.44. The van der Waals surface area contributed by atoms with Gasteiger partial charge >= 0.3 is 0 Å². The zero-order chi connectivity index (χ0) is 14.5. The number of nitriles is 1. The third kappa shape index (κ3) is 9.53. The van der Waals surface area contributed by atoms with Gasteiger partial charge in [-0.2, -0.15) is 5.26 Å². The number of amides is 1. The van der Waals surface area contributed by atoms with Crippen LogP contribution >= 0.6 is 0 Å². The fraction of sp³-hybridized carbons (Fsp3) is 0.875. The molecule has 0 bridgehead atoms. The van der Waals surface area contributed by atoms with Gasteiger partial charge in [0.1, 0.15) is 0 Å². The molecule has 19 heavy (non-hydrogen) atoms. The van der Waals surface area contributed by atoms with Gasteiger partial charge in [-0.05, 0) is 20.3 Å². The normalized spacial score (nSPS) is 11.9. The molecule has 3 heteroatoms. The fourth-order valence-corrected chi connectivity index (χ4v) is 2.17. The molecule has 1 amide bonds. The van der Waals surface area contributed by atoms with Crippen LogP contribution in [-0.4, -0.2) is 23.9 Å². The summed E-state index contributed by atoms with van der Waals surface area (Å²) in [5, 5.41) is 8.79. The summed E-state index contributed by atoms with van der Waals surface area (Å²) in [7, 11) is 0. The van der Waals surface area contributed by atoms with Gasteiger partial charge in [0.05, 0.1) is 12.0 Å². The summed E-state index contributed by atoms with van der Waals surface area (Å²) >= 11 is 0. The van der Waals surface area contributed by atoms with Crippen molar-refractivity contribution in [3.63, 3.8) is 0 Å². The molecular formula is C16H30N2O. The van der Waals surface area contributed by atoms with E-state index in [1.165, 1.54) is 32.1 Å². The number of hydrogen-bond donors (Lipinski definition) is 0. The van der Waals surface area contributed by atoms with Gasteiger partial charge in [0.25, 0.3) is 0 Å². The monoisotopic (exact) mass is 266 g/mol. The lowest BCUT2D eigenvalue weighted by Gasteiger charge is -2.21. The van der Waals surface area contributed by atoms with Gasteiger partial charge in [-0.15, -0.1) is 0 Å². The predicted octanol–water partition coefficient (Wildman–Crippen LogP) is 4.14. The van der Waals surface area contributed by atoms with Crippen LogP contribution < -0.4 is 0 Å². The molecule has 1 atom stereocenters. The molecule has 0 aromatic rings. The van der Waals surface area contributed by atoms with Crippen LogP contribution in [0.3, 0.4) is 0 Å². The number of unbranched alkanes of at least 4 members (excludes halogenated alkanes) is 6. The van der Waals surface area contributed by atoms with E-state index in [-0.39, 0.29) is 11.8 Å². The Morgan fingerprint density at radius 1 is 1.11 bits per heavy atom. The summed E-state index contributed by atoms with van der Waals surface area (Å²) in [5.41, 5.74) is 0. The van der Waals surface area contributed by atoms with Crippen molar-refractivity contribution in [2.45, 2.75) is 72.1 Å². The van der Waals surface area contributed by atoms with Gasteiger partial charge < -0.3 is 4.90 Å². The van der Waals surface area contributed by atoms with Crippen LogP contribution in [0, 0.1) is 17.2 Å². The van der Waals surface area contributed by atoms with E-state index in [1.807, 2.05) is 18.7 Å². The summed E-state index contributed by atoms with van der Waals surface area (Å²) in [6.07, 6.45) is 9.25. The largest absolute Gasteiger partial charge is 0.342 e. The first-order valence-corrected chi connectivity index (χ1v) is 7.83. The molecule has 0 saturated heterocycles. The topological polar surface area (TPSA) is 44.1 Å². The highest BCUT2D eigenvalue weighted by Gasteiger charge is 2.13. The Kier molecular flexibility index (Phi) is 11.4. The lowest BCUT2D eigenvalue weighted by atomic mass is 10.1. The van der Waals surface area contributed by atoms with Crippen molar-refractivity contribution in [1.82, 2.24) is 4.90 Å². The average Bonchev–Trinajstić information content (AvgIpc) is 2.43. The molecule has 0 aliphatic rings. The molecule has 0 rings (SSSR count). The van der Waals surface area contributed by atoms with Crippen LogP contribution in [-0.2, 0) is 4.79 Å². The number of hydrogen-bond acceptors (Lipinski definition) is 2. The molecule has 0 N–H and O–H groups in total. The number of rotatable bonds is 11. The summed E-state index contributed by atoms with van der Waals surface area (Å²) in [4.78, 5) is 13.8. The van der Waals surface area contributed by atoms with E-state index in [1.54, 1.807) is 0 Å².